The number of rotatable bonds is 4. The molecular weight excluding hydrogens is 320 g/mol. The fourth-order valence-corrected chi connectivity index (χ4v) is 3.69. The molecule has 0 spiro atoms. The number of nitrogens with zero attached hydrogens (tertiary/aromatic N) is 1. The molecule has 0 bridgehead atoms. The Morgan fingerprint density at radius 1 is 1.29 bits per heavy atom. The quantitative estimate of drug-likeness (QED) is 0.673. The first-order chi connectivity index (χ1) is 11.7. The number of amidine groups is 1. The van der Waals surface area contributed by atoms with Crippen molar-refractivity contribution in [2.75, 3.05) is 6.61 Å². The van der Waals surface area contributed by atoms with E-state index in [1.807, 2.05) is 30.3 Å². The van der Waals surface area contributed by atoms with Crippen LogP contribution >= 0.6 is 11.8 Å². The van der Waals surface area contributed by atoms with Crippen LogP contribution in [0.4, 0.5) is 0 Å². The van der Waals surface area contributed by atoms with Crippen LogP contribution in [0.15, 0.2) is 34.2 Å². The van der Waals surface area contributed by atoms with Crippen molar-refractivity contribution >= 4 is 28.9 Å². The van der Waals surface area contributed by atoms with Gasteiger partial charge >= 0.3 is 0 Å². The lowest BCUT2D eigenvalue weighted by atomic mass is 9.96. The Kier molecular flexibility index (Phi) is 5.60. The number of benzene rings is 1. The summed E-state index contributed by atoms with van der Waals surface area (Å²) in [5, 5.41) is 3.60. The molecular formula is C19H20N2O2S. The molecule has 0 atom stereocenters. The highest BCUT2D eigenvalue weighted by atomic mass is 32.2. The van der Waals surface area contributed by atoms with Crippen LogP contribution in [0.3, 0.4) is 0 Å². The van der Waals surface area contributed by atoms with Crippen molar-refractivity contribution in [3.8, 4) is 18.1 Å². The number of terminal acetylenes is 1. The first-order valence-electron chi connectivity index (χ1n) is 8.19. The van der Waals surface area contributed by atoms with Gasteiger partial charge in [-0.1, -0.05) is 37.3 Å². The van der Waals surface area contributed by atoms with Gasteiger partial charge in [0, 0.05) is 0 Å². The Morgan fingerprint density at radius 2 is 2.04 bits per heavy atom. The predicted octanol–water partition coefficient (Wildman–Crippen LogP) is 3.59. The van der Waals surface area contributed by atoms with E-state index in [1.54, 1.807) is 0 Å². The average molecular weight is 340 g/mol. The summed E-state index contributed by atoms with van der Waals surface area (Å²) >= 11 is 1.42. The van der Waals surface area contributed by atoms with Crippen LogP contribution < -0.4 is 10.1 Å². The summed E-state index contributed by atoms with van der Waals surface area (Å²) in [6, 6.07) is 7.86. The lowest BCUT2D eigenvalue weighted by molar-refractivity contribution is -0.115. The van der Waals surface area contributed by atoms with Crippen molar-refractivity contribution < 1.29 is 9.53 Å². The first-order valence-corrected chi connectivity index (χ1v) is 9.01. The van der Waals surface area contributed by atoms with E-state index >= 15 is 0 Å². The van der Waals surface area contributed by atoms with Crippen LogP contribution in [0.5, 0.6) is 5.75 Å². The zero-order chi connectivity index (χ0) is 16.8. The molecule has 1 aromatic rings. The van der Waals surface area contributed by atoms with E-state index < -0.39 is 0 Å². The van der Waals surface area contributed by atoms with E-state index in [4.69, 9.17) is 16.2 Å². The monoisotopic (exact) mass is 340 g/mol. The highest BCUT2D eigenvalue weighted by Crippen LogP contribution is 2.29. The molecule has 1 saturated carbocycles. The molecule has 1 aliphatic carbocycles. The highest BCUT2D eigenvalue weighted by Gasteiger charge is 2.25. The summed E-state index contributed by atoms with van der Waals surface area (Å²) in [5.41, 5.74) is 0.944. The third-order valence-electron chi connectivity index (χ3n) is 4.03. The van der Waals surface area contributed by atoms with E-state index in [-0.39, 0.29) is 12.5 Å². The number of carbonyl (C=O) groups is 1. The van der Waals surface area contributed by atoms with Gasteiger partial charge in [0.15, 0.2) is 5.17 Å². The van der Waals surface area contributed by atoms with Crippen LogP contribution in [0.1, 0.15) is 37.7 Å². The van der Waals surface area contributed by atoms with Crippen LogP contribution in [-0.4, -0.2) is 23.7 Å². The molecule has 1 aliphatic heterocycles. The standard InChI is InChI=1S/C19H20N2O2S/c1-2-12-23-16-10-8-14(9-11-16)13-17-18(22)21-19(24-17)20-15-6-4-3-5-7-15/h1,8-11,13,15H,3-7,12H2,(H,20,21,22). The van der Waals surface area contributed by atoms with Gasteiger partial charge in [0.25, 0.3) is 5.91 Å². The van der Waals surface area contributed by atoms with Gasteiger partial charge in [0.2, 0.25) is 0 Å². The second-order valence-corrected chi connectivity index (χ2v) is 6.88. The number of hydrogen-bond donors (Lipinski definition) is 1. The second-order valence-electron chi connectivity index (χ2n) is 5.85. The molecule has 0 unspecified atom stereocenters. The molecule has 0 aromatic heterocycles. The van der Waals surface area contributed by atoms with Crippen LogP contribution in [0, 0.1) is 12.3 Å². The van der Waals surface area contributed by atoms with E-state index in [0.717, 1.165) is 29.3 Å². The Morgan fingerprint density at radius 3 is 2.75 bits per heavy atom. The molecule has 5 heteroatoms. The van der Waals surface area contributed by atoms with Gasteiger partial charge in [-0.05, 0) is 48.4 Å². The van der Waals surface area contributed by atoms with Gasteiger partial charge in [0.1, 0.15) is 12.4 Å². The van der Waals surface area contributed by atoms with Gasteiger partial charge in [-0.3, -0.25) is 9.79 Å². The molecule has 1 heterocycles. The van der Waals surface area contributed by atoms with Crippen LogP contribution in [0.25, 0.3) is 6.08 Å². The Hall–Kier alpha value is -2.19. The minimum absolute atomic E-state index is 0.0813. The Balaban J connectivity index is 1.66. The largest absolute Gasteiger partial charge is 0.481 e. The number of hydrogen-bond acceptors (Lipinski definition) is 4. The molecule has 1 saturated heterocycles. The van der Waals surface area contributed by atoms with Crippen molar-refractivity contribution in [2.24, 2.45) is 4.99 Å². The summed E-state index contributed by atoms with van der Waals surface area (Å²) in [5.74, 6) is 3.07. The van der Waals surface area contributed by atoms with Gasteiger partial charge < -0.3 is 10.1 Å². The molecule has 3 rings (SSSR count). The first kappa shape index (κ1) is 16.7. The summed E-state index contributed by atoms with van der Waals surface area (Å²) in [6.07, 6.45) is 13.0. The Labute approximate surface area is 146 Å². The number of thioether (sulfide) groups is 1. The molecule has 2 fully saturated rings. The third kappa shape index (κ3) is 4.42. The summed E-state index contributed by atoms with van der Waals surface area (Å²) in [6.45, 7) is 0.250. The molecule has 1 amide bonds. The molecule has 24 heavy (non-hydrogen) atoms. The minimum Gasteiger partial charge on any atom is -0.481 e. The van der Waals surface area contributed by atoms with E-state index in [1.165, 1.54) is 31.0 Å². The molecule has 1 N–H and O–H groups in total. The van der Waals surface area contributed by atoms with Gasteiger partial charge in [-0.15, -0.1) is 6.42 Å². The molecule has 1 aromatic carbocycles. The summed E-state index contributed by atoms with van der Waals surface area (Å²) in [7, 11) is 0. The lowest BCUT2D eigenvalue weighted by Gasteiger charge is -2.17. The van der Waals surface area contributed by atoms with Crippen molar-refractivity contribution in [3.63, 3.8) is 0 Å². The predicted molar refractivity (Wildman–Crippen MR) is 98.8 cm³/mol. The SMILES string of the molecule is C#CCOc1ccc(C=C2SC(=NC3CCCCC3)NC2=O)cc1. The topological polar surface area (TPSA) is 50.7 Å². The van der Waals surface area contributed by atoms with Gasteiger partial charge in [-0.25, -0.2) is 0 Å². The smallest absolute Gasteiger partial charge is 0.264 e. The summed E-state index contributed by atoms with van der Waals surface area (Å²) in [4.78, 5) is 17.5. The van der Waals surface area contributed by atoms with E-state index in [2.05, 4.69) is 11.2 Å². The fraction of sp³-hybridized carbons (Fsp3) is 0.368. The van der Waals surface area contributed by atoms with Crippen molar-refractivity contribution in [1.82, 2.24) is 5.32 Å². The lowest BCUT2D eigenvalue weighted by Crippen LogP contribution is -2.22. The normalized spacial score (nSPS) is 21.7. The maximum atomic E-state index is 12.1. The number of amides is 1. The highest BCUT2D eigenvalue weighted by molar-refractivity contribution is 8.18. The average Bonchev–Trinajstić information content (AvgIpc) is 2.94. The Bertz CT molecular complexity index is 695. The molecule has 124 valence electrons. The fourth-order valence-electron chi connectivity index (χ4n) is 2.80. The molecule has 0 radical (unpaired) electrons. The number of nitrogens with one attached hydrogen (secondary N) is 1. The number of ether oxygens (including phenoxy) is 1. The maximum Gasteiger partial charge on any atom is 0.264 e. The van der Waals surface area contributed by atoms with Gasteiger partial charge in [0.05, 0.1) is 10.9 Å². The summed E-state index contributed by atoms with van der Waals surface area (Å²) < 4.78 is 5.34. The van der Waals surface area contributed by atoms with Crippen LogP contribution in [-0.2, 0) is 4.79 Å². The third-order valence-corrected chi connectivity index (χ3v) is 4.95. The van der Waals surface area contributed by atoms with Gasteiger partial charge in [-0.2, -0.15) is 0 Å². The van der Waals surface area contributed by atoms with Crippen molar-refractivity contribution in [3.05, 3.63) is 34.7 Å². The molecule has 4 nitrogen and oxygen atoms in total. The zero-order valence-corrected chi connectivity index (χ0v) is 14.3. The van der Waals surface area contributed by atoms with E-state index in [0.29, 0.717) is 10.9 Å². The van der Waals surface area contributed by atoms with Crippen LogP contribution in [0.2, 0.25) is 0 Å². The maximum absolute atomic E-state index is 12.1. The van der Waals surface area contributed by atoms with E-state index in [9.17, 15) is 4.79 Å². The molecule has 2 aliphatic rings. The van der Waals surface area contributed by atoms with Crippen molar-refractivity contribution in [1.29, 1.82) is 0 Å². The number of aliphatic imine (C=N–C) groups is 1. The second kappa shape index (κ2) is 8.07. The van der Waals surface area contributed by atoms with Crippen molar-refractivity contribution in [2.45, 2.75) is 38.1 Å². The number of carbonyl (C=O) groups excluding carboxylic acids is 1. The minimum atomic E-state index is -0.0813. The zero-order valence-electron chi connectivity index (χ0n) is 13.5.